The summed E-state index contributed by atoms with van der Waals surface area (Å²) in [5.41, 5.74) is 7.01. The van der Waals surface area contributed by atoms with Gasteiger partial charge in [-0.3, -0.25) is 9.59 Å². The predicted octanol–water partition coefficient (Wildman–Crippen LogP) is 7.62. The minimum atomic E-state index is -0.176. The average Bonchev–Trinajstić information content (AvgIpc) is 3.54. The number of benzene rings is 4. The molecule has 2 heterocycles. The molecule has 0 aliphatic rings. The van der Waals surface area contributed by atoms with Gasteiger partial charge >= 0.3 is 0 Å². The van der Waals surface area contributed by atoms with Crippen molar-refractivity contribution in [2.24, 2.45) is 0 Å². The average molecular weight is 595 g/mol. The summed E-state index contributed by atoms with van der Waals surface area (Å²) in [6.07, 6.45) is 5.48. The molecule has 0 aliphatic heterocycles. The summed E-state index contributed by atoms with van der Waals surface area (Å²) in [5.74, 6) is 0.243. The van der Waals surface area contributed by atoms with Crippen LogP contribution in [0, 0.1) is 0 Å². The summed E-state index contributed by atoms with van der Waals surface area (Å²) >= 11 is 0. The molecule has 8 nitrogen and oxygen atoms in total. The van der Waals surface area contributed by atoms with Crippen LogP contribution >= 0.6 is 0 Å². The number of carbonyl (C=O) groups is 2. The van der Waals surface area contributed by atoms with E-state index in [0.29, 0.717) is 40.5 Å². The minimum absolute atomic E-state index is 0.0169. The Hall–Kier alpha value is -5.76. The van der Waals surface area contributed by atoms with Gasteiger partial charge in [0.25, 0.3) is 11.8 Å². The molecule has 2 aromatic heterocycles. The van der Waals surface area contributed by atoms with E-state index in [1.807, 2.05) is 108 Å². The van der Waals surface area contributed by atoms with Gasteiger partial charge in [0.1, 0.15) is 0 Å². The van der Waals surface area contributed by atoms with Crippen LogP contribution in [-0.2, 0) is 12.0 Å². The first-order valence-corrected chi connectivity index (χ1v) is 14.8. The van der Waals surface area contributed by atoms with Crippen LogP contribution in [0.2, 0.25) is 0 Å². The van der Waals surface area contributed by atoms with Gasteiger partial charge in [0, 0.05) is 53.2 Å². The van der Waals surface area contributed by atoms with Crippen molar-refractivity contribution in [1.82, 2.24) is 19.7 Å². The fraction of sp³-hybridized carbons (Fsp3) is 0.135. The van der Waals surface area contributed by atoms with Crippen molar-refractivity contribution in [3.05, 3.63) is 144 Å². The number of hydrogen-bond acceptors (Lipinski definition) is 5. The maximum atomic E-state index is 13.0. The van der Waals surface area contributed by atoms with E-state index in [1.165, 1.54) is 5.56 Å². The predicted molar refractivity (Wildman–Crippen MR) is 179 cm³/mol. The number of fused-ring (bicyclic) bond motifs is 1. The lowest BCUT2D eigenvalue weighted by atomic mass is 9.87. The second kappa shape index (κ2) is 12.5. The largest absolute Gasteiger partial charge is 0.348 e. The fourth-order valence-electron chi connectivity index (χ4n) is 4.96. The lowest BCUT2D eigenvalue weighted by molar-refractivity contribution is 0.0950. The molecule has 8 heteroatoms. The lowest BCUT2D eigenvalue weighted by Crippen LogP contribution is -2.22. The van der Waals surface area contributed by atoms with Crippen molar-refractivity contribution in [2.45, 2.75) is 32.7 Å². The molecule has 6 aromatic rings. The molecule has 45 heavy (non-hydrogen) atoms. The van der Waals surface area contributed by atoms with E-state index in [9.17, 15) is 9.59 Å². The highest BCUT2D eigenvalue weighted by atomic mass is 16.2. The van der Waals surface area contributed by atoms with Crippen LogP contribution in [0.1, 0.15) is 52.6 Å². The zero-order chi connectivity index (χ0) is 31.4. The number of amides is 2. The SMILES string of the molecule is CC(C)(C)c1ccc(C(=O)Nc2cccc(-c3cn4ccnc4c(Nc4ccc(C(=O)NCc5ccccc5)cc4)n3)c2)cc1. The highest BCUT2D eigenvalue weighted by Gasteiger charge is 2.15. The molecule has 0 unspecified atom stereocenters. The third-order valence-corrected chi connectivity index (χ3v) is 7.51. The first-order chi connectivity index (χ1) is 21.7. The molecule has 0 spiro atoms. The summed E-state index contributed by atoms with van der Waals surface area (Å²) in [5, 5.41) is 9.32. The summed E-state index contributed by atoms with van der Waals surface area (Å²) in [6, 6.07) is 32.3. The normalized spacial score (nSPS) is 11.3. The van der Waals surface area contributed by atoms with Gasteiger partial charge in [0.15, 0.2) is 11.5 Å². The highest BCUT2D eigenvalue weighted by Crippen LogP contribution is 2.27. The Kier molecular flexibility index (Phi) is 8.12. The van der Waals surface area contributed by atoms with E-state index >= 15 is 0 Å². The Bertz CT molecular complexity index is 1960. The number of anilines is 3. The van der Waals surface area contributed by atoms with Crippen LogP contribution in [0.3, 0.4) is 0 Å². The number of imidazole rings is 1. The van der Waals surface area contributed by atoms with Gasteiger partial charge in [0.05, 0.1) is 5.69 Å². The van der Waals surface area contributed by atoms with Gasteiger partial charge in [-0.15, -0.1) is 0 Å². The zero-order valence-electron chi connectivity index (χ0n) is 25.4. The number of nitrogens with zero attached hydrogens (tertiary/aromatic N) is 3. The van der Waals surface area contributed by atoms with E-state index < -0.39 is 0 Å². The number of nitrogens with one attached hydrogen (secondary N) is 3. The summed E-state index contributed by atoms with van der Waals surface area (Å²) in [4.78, 5) is 35.0. The van der Waals surface area contributed by atoms with Crippen molar-refractivity contribution in [3.63, 3.8) is 0 Å². The summed E-state index contributed by atoms with van der Waals surface area (Å²) < 4.78 is 1.90. The van der Waals surface area contributed by atoms with Crippen molar-refractivity contribution in [2.75, 3.05) is 10.6 Å². The first kappa shape index (κ1) is 29.3. The van der Waals surface area contributed by atoms with Crippen LogP contribution in [0.15, 0.2) is 122 Å². The standard InChI is InChI=1S/C37H34N6O2/c1-37(2,3)29-16-12-27(13-17-29)36(45)41-31-11-7-10-28(22-31)32-24-43-21-20-38-34(43)33(42-32)40-30-18-14-26(15-19-30)35(44)39-23-25-8-5-4-6-9-25/h4-22,24H,23H2,1-3H3,(H,39,44)(H,40,42)(H,41,45). The maximum absolute atomic E-state index is 13.0. The minimum Gasteiger partial charge on any atom is -0.348 e. The number of hydrogen-bond donors (Lipinski definition) is 3. The molecule has 0 saturated heterocycles. The first-order valence-electron chi connectivity index (χ1n) is 14.8. The van der Waals surface area contributed by atoms with Crippen LogP contribution in [0.25, 0.3) is 16.9 Å². The molecule has 3 N–H and O–H groups in total. The van der Waals surface area contributed by atoms with Crippen LogP contribution in [0.4, 0.5) is 17.2 Å². The molecular formula is C37H34N6O2. The Morgan fingerprint density at radius 3 is 2.22 bits per heavy atom. The van der Waals surface area contributed by atoms with E-state index in [1.54, 1.807) is 18.3 Å². The van der Waals surface area contributed by atoms with Crippen molar-refractivity contribution in [1.29, 1.82) is 0 Å². The van der Waals surface area contributed by atoms with Gasteiger partial charge in [-0.25, -0.2) is 9.97 Å². The molecule has 2 amide bonds. The van der Waals surface area contributed by atoms with Gasteiger partial charge in [0.2, 0.25) is 0 Å². The molecule has 0 saturated carbocycles. The number of aromatic nitrogens is 3. The van der Waals surface area contributed by atoms with E-state index in [4.69, 9.17) is 4.98 Å². The molecule has 0 fully saturated rings. The molecule has 4 aromatic carbocycles. The van der Waals surface area contributed by atoms with E-state index in [2.05, 4.69) is 41.7 Å². The molecule has 0 radical (unpaired) electrons. The molecule has 0 bridgehead atoms. The van der Waals surface area contributed by atoms with Crippen molar-refractivity contribution >= 4 is 34.7 Å². The van der Waals surface area contributed by atoms with Gasteiger partial charge in [-0.2, -0.15) is 0 Å². The Morgan fingerprint density at radius 1 is 0.778 bits per heavy atom. The van der Waals surface area contributed by atoms with Crippen LogP contribution < -0.4 is 16.0 Å². The van der Waals surface area contributed by atoms with Crippen LogP contribution in [-0.4, -0.2) is 26.2 Å². The molecule has 224 valence electrons. The molecule has 0 atom stereocenters. The Morgan fingerprint density at radius 2 is 1.49 bits per heavy atom. The summed E-state index contributed by atoms with van der Waals surface area (Å²) in [7, 11) is 0. The summed E-state index contributed by atoms with van der Waals surface area (Å²) in [6.45, 7) is 6.90. The fourth-order valence-corrected chi connectivity index (χ4v) is 4.96. The quantitative estimate of drug-likeness (QED) is 0.168. The van der Waals surface area contributed by atoms with E-state index in [0.717, 1.165) is 16.8 Å². The second-order valence-electron chi connectivity index (χ2n) is 11.9. The lowest BCUT2D eigenvalue weighted by Gasteiger charge is -2.19. The van der Waals surface area contributed by atoms with Gasteiger partial charge in [-0.1, -0.05) is 75.4 Å². The second-order valence-corrected chi connectivity index (χ2v) is 11.9. The third kappa shape index (κ3) is 6.91. The van der Waals surface area contributed by atoms with Gasteiger partial charge < -0.3 is 20.4 Å². The Balaban J connectivity index is 1.18. The molecule has 0 aliphatic carbocycles. The van der Waals surface area contributed by atoms with Crippen molar-refractivity contribution in [3.8, 4) is 11.3 Å². The van der Waals surface area contributed by atoms with Crippen molar-refractivity contribution < 1.29 is 9.59 Å². The number of carbonyl (C=O) groups excluding carboxylic acids is 2. The maximum Gasteiger partial charge on any atom is 0.255 e. The Labute approximate surface area is 262 Å². The third-order valence-electron chi connectivity index (χ3n) is 7.51. The zero-order valence-corrected chi connectivity index (χ0v) is 25.4. The highest BCUT2D eigenvalue weighted by molar-refractivity contribution is 6.04. The van der Waals surface area contributed by atoms with Crippen LogP contribution in [0.5, 0.6) is 0 Å². The topological polar surface area (TPSA) is 100 Å². The smallest absolute Gasteiger partial charge is 0.255 e. The van der Waals surface area contributed by atoms with E-state index in [-0.39, 0.29) is 17.2 Å². The van der Waals surface area contributed by atoms with Gasteiger partial charge in [-0.05, 0) is 65.1 Å². The number of rotatable bonds is 8. The molecular weight excluding hydrogens is 560 g/mol. The monoisotopic (exact) mass is 594 g/mol. The molecule has 6 rings (SSSR count).